The minimum Gasteiger partial charge on any atom is -0.325 e. The molecule has 0 rings (SSSR count). The molecule has 2 N–H and O–H groups in total. The van der Waals surface area contributed by atoms with Gasteiger partial charge in [-0.3, -0.25) is 0 Å². The average molecular weight is 207 g/mol. The van der Waals surface area contributed by atoms with Crippen molar-refractivity contribution in [1.82, 2.24) is 0 Å². The summed E-state index contributed by atoms with van der Waals surface area (Å²) in [6.07, 6.45) is 2.68. The van der Waals surface area contributed by atoms with Gasteiger partial charge in [-0.2, -0.15) is 0 Å². The monoisotopic (exact) mass is 207 g/mol. The Hall–Kier alpha value is -0.0900. The topological polar surface area (TPSA) is 60.2 Å². The van der Waals surface area contributed by atoms with Crippen molar-refractivity contribution in [1.29, 1.82) is 0 Å². The molecule has 0 amide bonds. The second kappa shape index (κ2) is 4.42. The molecule has 0 saturated carbocycles. The molecule has 0 aliphatic carbocycles. The Balaban J connectivity index is 3.90. The third-order valence-electron chi connectivity index (χ3n) is 2.55. The number of hydrogen-bond acceptors (Lipinski definition) is 3. The van der Waals surface area contributed by atoms with E-state index in [0.29, 0.717) is 12.3 Å². The first-order valence-corrected chi connectivity index (χ1v) is 6.68. The van der Waals surface area contributed by atoms with Gasteiger partial charge in [0.2, 0.25) is 0 Å². The fraction of sp³-hybridized carbons (Fsp3) is 1.00. The molecule has 0 saturated heterocycles. The van der Waals surface area contributed by atoms with Crippen LogP contribution in [0.5, 0.6) is 0 Å². The van der Waals surface area contributed by atoms with Crippen LogP contribution in [-0.4, -0.2) is 26.0 Å². The lowest BCUT2D eigenvalue weighted by Gasteiger charge is -2.28. The smallest absolute Gasteiger partial charge is 0.147 e. The number of hydrogen-bond donors (Lipinski definition) is 1. The Morgan fingerprint density at radius 3 is 2.15 bits per heavy atom. The van der Waals surface area contributed by atoms with Crippen LogP contribution in [0, 0.1) is 5.92 Å². The van der Waals surface area contributed by atoms with E-state index in [1.165, 1.54) is 6.26 Å². The van der Waals surface area contributed by atoms with E-state index in [1.54, 1.807) is 0 Å². The van der Waals surface area contributed by atoms with Gasteiger partial charge >= 0.3 is 0 Å². The lowest BCUT2D eigenvalue weighted by atomic mass is 9.86. The van der Waals surface area contributed by atoms with Crippen molar-refractivity contribution < 1.29 is 8.42 Å². The summed E-state index contributed by atoms with van der Waals surface area (Å²) in [6, 6.07) is 0. The minimum absolute atomic E-state index is 0.243. The maximum Gasteiger partial charge on any atom is 0.147 e. The summed E-state index contributed by atoms with van der Waals surface area (Å²) in [5.41, 5.74) is 5.75. The van der Waals surface area contributed by atoms with E-state index in [9.17, 15) is 8.42 Å². The zero-order chi connectivity index (χ0) is 10.7. The molecule has 0 fully saturated rings. The van der Waals surface area contributed by atoms with Crippen LogP contribution in [-0.2, 0) is 9.84 Å². The zero-order valence-electron chi connectivity index (χ0n) is 9.00. The van der Waals surface area contributed by atoms with Crippen LogP contribution < -0.4 is 5.73 Å². The molecule has 0 aromatic carbocycles. The summed E-state index contributed by atoms with van der Waals surface area (Å²) in [5.74, 6) is 0.624. The predicted molar refractivity (Wildman–Crippen MR) is 56.4 cm³/mol. The SMILES string of the molecule is CC(C)C(C)(N)CCCS(C)(=O)=O. The van der Waals surface area contributed by atoms with Crippen molar-refractivity contribution in [3.8, 4) is 0 Å². The van der Waals surface area contributed by atoms with Crippen LogP contribution >= 0.6 is 0 Å². The van der Waals surface area contributed by atoms with Crippen LogP contribution in [0.4, 0.5) is 0 Å². The third kappa shape index (κ3) is 6.05. The molecule has 0 radical (unpaired) electrons. The summed E-state index contributed by atoms with van der Waals surface area (Å²) in [4.78, 5) is 0. The van der Waals surface area contributed by atoms with E-state index < -0.39 is 9.84 Å². The second-order valence-corrected chi connectivity index (χ2v) is 6.65. The molecule has 0 aromatic heterocycles. The van der Waals surface area contributed by atoms with Crippen molar-refractivity contribution in [3.63, 3.8) is 0 Å². The standard InChI is InChI=1S/C9H21NO2S/c1-8(2)9(3,10)6-5-7-13(4,11)12/h8H,5-7,10H2,1-4H3. The van der Waals surface area contributed by atoms with Gasteiger partial charge in [0.1, 0.15) is 9.84 Å². The summed E-state index contributed by atoms with van der Waals surface area (Å²) < 4.78 is 21.7. The molecule has 3 nitrogen and oxygen atoms in total. The fourth-order valence-corrected chi connectivity index (χ4v) is 1.67. The lowest BCUT2D eigenvalue weighted by Crippen LogP contribution is -2.41. The van der Waals surface area contributed by atoms with Gasteiger partial charge in [-0.05, 0) is 25.7 Å². The molecular formula is C9H21NO2S. The van der Waals surface area contributed by atoms with Crippen LogP contribution in [0.25, 0.3) is 0 Å². The summed E-state index contributed by atoms with van der Waals surface area (Å²) in [5, 5.41) is 0. The molecule has 0 aliphatic heterocycles. The van der Waals surface area contributed by atoms with Crippen molar-refractivity contribution >= 4 is 9.84 Å². The molecule has 0 aliphatic rings. The first-order valence-electron chi connectivity index (χ1n) is 4.62. The quantitative estimate of drug-likeness (QED) is 0.736. The number of nitrogens with two attached hydrogens (primary N) is 1. The Labute approximate surface area is 81.6 Å². The van der Waals surface area contributed by atoms with Gasteiger partial charge in [0, 0.05) is 17.5 Å². The molecule has 0 heterocycles. The molecule has 0 bridgehead atoms. The van der Waals surface area contributed by atoms with Gasteiger partial charge in [0.15, 0.2) is 0 Å². The highest BCUT2D eigenvalue weighted by atomic mass is 32.2. The maximum atomic E-state index is 10.8. The van der Waals surface area contributed by atoms with Gasteiger partial charge in [-0.15, -0.1) is 0 Å². The van der Waals surface area contributed by atoms with Crippen molar-refractivity contribution in [3.05, 3.63) is 0 Å². The van der Waals surface area contributed by atoms with E-state index >= 15 is 0 Å². The average Bonchev–Trinajstić information content (AvgIpc) is 1.82. The van der Waals surface area contributed by atoms with E-state index in [2.05, 4.69) is 13.8 Å². The van der Waals surface area contributed by atoms with Gasteiger partial charge < -0.3 is 5.73 Å². The fourth-order valence-electron chi connectivity index (χ4n) is 1.00. The molecule has 0 spiro atoms. The Morgan fingerprint density at radius 2 is 1.85 bits per heavy atom. The van der Waals surface area contributed by atoms with Crippen LogP contribution in [0.2, 0.25) is 0 Å². The number of sulfone groups is 1. The largest absolute Gasteiger partial charge is 0.325 e. The van der Waals surface area contributed by atoms with E-state index in [0.717, 1.165) is 6.42 Å². The highest BCUT2D eigenvalue weighted by Crippen LogP contribution is 2.19. The van der Waals surface area contributed by atoms with E-state index in [1.807, 2.05) is 6.92 Å². The Kier molecular flexibility index (Phi) is 4.39. The van der Waals surface area contributed by atoms with Gasteiger partial charge in [0.25, 0.3) is 0 Å². The lowest BCUT2D eigenvalue weighted by molar-refractivity contribution is 0.314. The van der Waals surface area contributed by atoms with Crippen LogP contribution in [0.1, 0.15) is 33.6 Å². The van der Waals surface area contributed by atoms with Crippen molar-refractivity contribution in [2.45, 2.75) is 39.2 Å². The maximum absolute atomic E-state index is 10.8. The van der Waals surface area contributed by atoms with Gasteiger partial charge in [-0.1, -0.05) is 13.8 Å². The van der Waals surface area contributed by atoms with Gasteiger partial charge in [-0.25, -0.2) is 8.42 Å². The van der Waals surface area contributed by atoms with E-state index in [-0.39, 0.29) is 11.3 Å². The summed E-state index contributed by atoms with van der Waals surface area (Å²) in [6.45, 7) is 6.08. The zero-order valence-corrected chi connectivity index (χ0v) is 9.82. The molecular weight excluding hydrogens is 186 g/mol. The normalized spacial score (nSPS) is 17.4. The highest BCUT2D eigenvalue weighted by Gasteiger charge is 2.22. The molecule has 0 aromatic rings. The van der Waals surface area contributed by atoms with E-state index in [4.69, 9.17) is 5.73 Å². The molecule has 4 heteroatoms. The van der Waals surface area contributed by atoms with Gasteiger partial charge in [0.05, 0.1) is 0 Å². The molecule has 13 heavy (non-hydrogen) atoms. The predicted octanol–water partition coefficient (Wildman–Crippen LogP) is 1.18. The molecule has 80 valence electrons. The molecule has 1 unspecified atom stereocenters. The highest BCUT2D eigenvalue weighted by molar-refractivity contribution is 7.90. The minimum atomic E-state index is -2.83. The number of rotatable bonds is 5. The first-order chi connectivity index (χ1) is 5.65. The van der Waals surface area contributed by atoms with Crippen LogP contribution in [0.3, 0.4) is 0 Å². The van der Waals surface area contributed by atoms with Crippen molar-refractivity contribution in [2.75, 3.05) is 12.0 Å². The van der Waals surface area contributed by atoms with Crippen molar-refractivity contribution in [2.24, 2.45) is 11.7 Å². The second-order valence-electron chi connectivity index (χ2n) is 4.39. The summed E-state index contributed by atoms with van der Waals surface area (Å²) >= 11 is 0. The molecule has 1 atom stereocenters. The summed E-state index contributed by atoms with van der Waals surface area (Å²) in [7, 11) is -2.83. The first kappa shape index (κ1) is 12.9. The van der Waals surface area contributed by atoms with Crippen LogP contribution in [0.15, 0.2) is 0 Å². The third-order valence-corrected chi connectivity index (χ3v) is 3.58. The Bertz CT molecular complexity index is 242. The Morgan fingerprint density at radius 1 is 1.38 bits per heavy atom.